The third-order valence-electron chi connectivity index (χ3n) is 2.39. The van der Waals surface area contributed by atoms with Gasteiger partial charge in [0.1, 0.15) is 12.2 Å². The third kappa shape index (κ3) is 3.34. The van der Waals surface area contributed by atoms with Crippen molar-refractivity contribution in [2.24, 2.45) is 5.73 Å². The van der Waals surface area contributed by atoms with Crippen molar-refractivity contribution in [2.45, 2.75) is 18.6 Å². The molecule has 1 heterocycles. The predicted molar refractivity (Wildman–Crippen MR) is 67.1 cm³/mol. The van der Waals surface area contributed by atoms with E-state index in [1.807, 2.05) is 24.3 Å². The van der Waals surface area contributed by atoms with Crippen LogP contribution < -0.4 is 5.73 Å². The van der Waals surface area contributed by atoms with Gasteiger partial charge in [0.2, 0.25) is 0 Å². The maximum Gasteiger partial charge on any atom is 0.404 e. The molecule has 0 radical (unpaired) electrons. The summed E-state index contributed by atoms with van der Waals surface area (Å²) in [5.74, 6) is 0. The Morgan fingerprint density at radius 2 is 2.19 bits per heavy atom. The molecule has 5 heteroatoms. The second-order valence-corrected chi connectivity index (χ2v) is 4.92. The van der Waals surface area contributed by atoms with Crippen molar-refractivity contribution in [1.82, 2.24) is 0 Å². The van der Waals surface area contributed by atoms with E-state index >= 15 is 0 Å². The highest BCUT2D eigenvalue weighted by molar-refractivity contribution is 14.1. The normalized spacial score (nSPS) is 20.2. The first-order valence-corrected chi connectivity index (χ1v) is 6.05. The van der Waals surface area contributed by atoms with Crippen LogP contribution in [-0.2, 0) is 15.9 Å². The number of epoxide rings is 1. The lowest BCUT2D eigenvalue weighted by molar-refractivity contribution is 0.0868. The summed E-state index contributed by atoms with van der Waals surface area (Å²) in [5.41, 5.74) is 6.13. The number of carbonyl (C=O) groups is 1. The van der Waals surface area contributed by atoms with Crippen LogP contribution >= 0.6 is 22.6 Å². The fraction of sp³-hybridized carbons (Fsp3) is 0.364. The van der Waals surface area contributed by atoms with Crippen LogP contribution in [0, 0.1) is 3.57 Å². The Hall–Kier alpha value is -0.820. The highest BCUT2D eigenvalue weighted by atomic mass is 127. The van der Waals surface area contributed by atoms with Crippen molar-refractivity contribution >= 4 is 28.7 Å². The van der Waals surface area contributed by atoms with Crippen LogP contribution in [0.2, 0.25) is 0 Å². The zero-order valence-corrected chi connectivity index (χ0v) is 10.7. The summed E-state index contributed by atoms with van der Waals surface area (Å²) in [6.45, 7) is 0.641. The molecule has 0 spiro atoms. The number of carbonyl (C=O) groups excluding carboxylic acids is 1. The van der Waals surface area contributed by atoms with E-state index in [1.165, 1.54) is 3.57 Å². The molecular formula is C11H12INO3. The van der Waals surface area contributed by atoms with Crippen LogP contribution in [0.4, 0.5) is 4.79 Å². The van der Waals surface area contributed by atoms with Gasteiger partial charge in [0.05, 0.1) is 6.61 Å². The maximum absolute atomic E-state index is 10.7. The van der Waals surface area contributed by atoms with Crippen molar-refractivity contribution in [2.75, 3.05) is 6.61 Å². The number of nitrogens with two attached hydrogens (primary N) is 1. The molecule has 2 atom stereocenters. The Bertz CT molecular complexity index is 375. The van der Waals surface area contributed by atoms with Crippen molar-refractivity contribution in [3.05, 3.63) is 33.4 Å². The molecule has 1 aromatic rings. The van der Waals surface area contributed by atoms with E-state index in [0.29, 0.717) is 13.0 Å². The SMILES string of the molecule is NC(=O)O[C@@H](Cc1ccc(I)cc1)C1CO1. The second kappa shape index (κ2) is 5.01. The summed E-state index contributed by atoms with van der Waals surface area (Å²) in [6.07, 6.45) is -0.361. The van der Waals surface area contributed by atoms with Crippen LogP contribution in [0.3, 0.4) is 0 Å². The van der Waals surface area contributed by atoms with Gasteiger partial charge >= 0.3 is 6.09 Å². The Morgan fingerprint density at radius 3 is 2.69 bits per heavy atom. The van der Waals surface area contributed by atoms with E-state index in [4.69, 9.17) is 15.2 Å². The summed E-state index contributed by atoms with van der Waals surface area (Å²) in [5, 5.41) is 0. The number of hydrogen-bond donors (Lipinski definition) is 1. The van der Waals surface area contributed by atoms with Gasteiger partial charge in [0.15, 0.2) is 0 Å². The van der Waals surface area contributed by atoms with Crippen molar-refractivity contribution in [1.29, 1.82) is 0 Å². The zero-order chi connectivity index (χ0) is 11.5. The Morgan fingerprint density at radius 1 is 1.56 bits per heavy atom. The standard InChI is InChI=1S/C11H12INO3/c12-8-3-1-7(2-4-8)5-9(10-6-15-10)16-11(13)14/h1-4,9-10H,5-6H2,(H2,13,14)/t9-,10?/m0/s1. The van der Waals surface area contributed by atoms with Crippen LogP contribution in [-0.4, -0.2) is 24.9 Å². The first kappa shape index (κ1) is 11.7. The molecule has 1 saturated heterocycles. The molecule has 2 N–H and O–H groups in total. The number of benzene rings is 1. The Kier molecular flexibility index (Phi) is 3.65. The van der Waals surface area contributed by atoms with Crippen molar-refractivity contribution < 1.29 is 14.3 Å². The Labute approximate surface area is 107 Å². The van der Waals surface area contributed by atoms with Gasteiger partial charge in [-0.2, -0.15) is 0 Å². The molecule has 1 unspecified atom stereocenters. The van der Waals surface area contributed by atoms with Gasteiger partial charge in [-0.25, -0.2) is 4.79 Å². The summed E-state index contributed by atoms with van der Waals surface area (Å²) >= 11 is 2.25. The number of halogens is 1. The van der Waals surface area contributed by atoms with E-state index in [9.17, 15) is 4.79 Å². The molecule has 86 valence electrons. The molecule has 0 saturated carbocycles. The molecule has 0 bridgehead atoms. The average Bonchev–Trinajstić information content (AvgIpc) is 3.03. The summed E-state index contributed by atoms with van der Waals surface area (Å²) in [4.78, 5) is 10.7. The zero-order valence-electron chi connectivity index (χ0n) is 8.56. The van der Waals surface area contributed by atoms with Gasteiger partial charge in [-0.05, 0) is 40.3 Å². The first-order valence-electron chi connectivity index (χ1n) is 4.97. The summed E-state index contributed by atoms with van der Waals surface area (Å²) in [7, 11) is 0. The summed E-state index contributed by atoms with van der Waals surface area (Å²) < 4.78 is 11.3. The fourth-order valence-corrected chi connectivity index (χ4v) is 1.88. The Balaban J connectivity index is 1.99. The molecule has 1 aliphatic rings. The number of amides is 1. The topological polar surface area (TPSA) is 64.9 Å². The molecule has 1 aromatic carbocycles. The molecule has 1 fully saturated rings. The molecule has 4 nitrogen and oxygen atoms in total. The van der Waals surface area contributed by atoms with Gasteiger partial charge < -0.3 is 15.2 Å². The molecule has 1 aliphatic heterocycles. The van der Waals surface area contributed by atoms with E-state index in [0.717, 1.165) is 5.56 Å². The first-order chi connectivity index (χ1) is 7.65. The van der Waals surface area contributed by atoms with Crippen molar-refractivity contribution in [3.63, 3.8) is 0 Å². The lowest BCUT2D eigenvalue weighted by Crippen LogP contribution is -2.29. The minimum atomic E-state index is -0.744. The minimum Gasteiger partial charge on any atom is -0.443 e. The van der Waals surface area contributed by atoms with E-state index < -0.39 is 6.09 Å². The quantitative estimate of drug-likeness (QED) is 0.674. The number of rotatable bonds is 4. The number of ether oxygens (including phenoxy) is 2. The molecule has 1 amide bonds. The van der Waals surface area contributed by atoms with E-state index in [-0.39, 0.29) is 12.2 Å². The van der Waals surface area contributed by atoms with Crippen LogP contribution in [0.25, 0.3) is 0 Å². The summed E-state index contributed by atoms with van der Waals surface area (Å²) in [6, 6.07) is 8.07. The lowest BCUT2D eigenvalue weighted by atomic mass is 10.1. The van der Waals surface area contributed by atoms with Gasteiger partial charge in [0, 0.05) is 9.99 Å². The monoisotopic (exact) mass is 333 g/mol. The second-order valence-electron chi connectivity index (χ2n) is 3.68. The smallest absolute Gasteiger partial charge is 0.404 e. The van der Waals surface area contributed by atoms with E-state index in [2.05, 4.69) is 22.6 Å². The van der Waals surface area contributed by atoms with Crippen LogP contribution in [0.15, 0.2) is 24.3 Å². The van der Waals surface area contributed by atoms with Gasteiger partial charge in [-0.1, -0.05) is 12.1 Å². The van der Waals surface area contributed by atoms with Crippen molar-refractivity contribution in [3.8, 4) is 0 Å². The third-order valence-corrected chi connectivity index (χ3v) is 3.11. The van der Waals surface area contributed by atoms with Crippen LogP contribution in [0.5, 0.6) is 0 Å². The van der Waals surface area contributed by atoms with Crippen LogP contribution in [0.1, 0.15) is 5.56 Å². The highest BCUT2D eigenvalue weighted by Gasteiger charge is 2.35. The van der Waals surface area contributed by atoms with Gasteiger partial charge in [-0.3, -0.25) is 0 Å². The minimum absolute atomic E-state index is 0.00628. The number of primary amides is 1. The maximum atomic E-state index is 10.7. The molecule has 16 heavy (non-hydrogen) atoms. The molecule has 0 aromatic heterocycles. The van der Waals surface area contributed by atoms with E-state index in [1.54, 1.807) is 0 Å². The average molecular weight is 333 g/mol. The van der Waals surface area contributed by atoms with Gasteiger partial charge in [0.25, 0.3) is 0 Å². The lowest BCUT2D eigenvalue weighted by Gasteiger charge is -2.14. The fourth-order valence-electron chi connectivity index (χ4n) is 1.52. The largest absolute Gasteiger partial charge is 0.443 e. The molecular weight excluding hydrogens is 321 g/mol. The predicted octanol–water partition coefficient (Wildman–Crippen LogP) is 1.70. The molecule has 0 aliphatic carbocycles. The van der Waals surface area contributed by atoms with Gasteiger partial charge in [-0.15, -0.1) is 0 Å². The number of hydrogen-bond acceptors (Lipinski definition) is 3. The highest BCUT2D eigenvalue weighted by Crippen LogP contribution is 2.21. The molecule has 2 rings (SSSR count).